The smallest absolute Gasteiger partial charge is 0.315 e. The van der Waals surface area contributed by atoms with Crippen molar-refractivity contribution in [2.75, 3.05) is 31.5 Å². The van der Waals surface area contributed by atoms with Crippen LogP contribution >= 0.6 is 0 Å². The van der Waals surface area contributed by atoms with Gasteiger partial charge in [0.25, 0.3) is 0 Å². The quantitative estimate of drug-likeness (QED) is 0.119. The Morgan fingerprint density at radius 2 is 1.75 bits per heavy atom. The highest BCUT2D eigenvalue weighted by Crippen LogP contribution is 2.46. The zero-order valence-electron chi connectivity index (χ0n) is 29.6. The summed E-state index contributed by atoms with van der Waals surface area (Å²) >= 11 is 0. The minimum absolute atomic E-state index is 0.131. The molecule has 2 saturated heterocycles. The van der Waals surface area contributed by atoms with Crippen LogP contribution in [0, 0.1) is 24.0 Å². The molecule has 1 aliphatic carbocycles. The zero-order chi connectivity index (χ0) is 35.5. The Balaban J connectivity index is 1.04. The molecule has 5 heterocycles. The van der Waals surface area contributed by atoms with Crippen LogP contribution in [-0.2, 0) is 13.0 Å². The Labute approximate surface area is 302 Å². The van der Waals surface area contributed by atoms with Gasteiger partial charge in [-0.3, -0.25) is 24.9 Å². The fourth-order valence-electron chi connectivity index (χ4n) is 8.65. The third-order valence-corrected chi connectivity index (χ3v) is 11.5. The lowest BCUT2D eigenvalue weighted by Crippen LogP contribution is -2.41. The fraction of sp³-hybridized carbons (Fsp3) is 0.333. The van der Waals surface area contributed by atoms with E-state index in [4.69, 9.17) is 9.40 Å². The molecule has 52 heavy (non-hydrogen) atoms. The number of nitrogens with one attached hydrogen (secondary N) is 1. The van der Waals surface area contributed by atoms with Crippen molar-refractivity contribution >= 4 is 39.1 Å². The van der Waals surface area contributed by atoms with Crippen LogP contribution in [0.2, 0.25) is 0 Å². The summed E-state index contributed by atoms with van der Waals surface area (Å²) in [6.07, 6.45) is 8.15. The number of aromatic nitrogens is 2. The molecule has 10 heteroatoms. The minimum Gasteiger partial charge on any atom is -0.449 e. The molecule has 2 fully saturated rings. The SMILES string of the molecule is Cc1c(Nc2nccc3cc(CN4CC[C@@H](O)C4)cnc23)cccc1-c1cccc(-c2cc3cc4c(c([N+](=O)[O-])c3o2)CCCC4N2CCC2)c1C. The molecule has 2 atom stereocenters. The van der Waals surface area contributed by atoms with Gasteiger partial charge in [-0.2, -0.15) is 0 Å². The van der Waals surface area contributed by atoms with Crippen molar-refractivity contribution in [3.8, 4) is 22.5 Å². The maximum Gasteiger partial charge on any atom is 0.315 e. The van der Waals surface area contributed by atoms with Crippen LogP contribution in [0.1, 0.15) is 59.5 Å². The molecule has 9 rings (SSSR count). The normalized spacial score (nSPS) is 19.2. The van der Waals surface area contributed by atoms with Crippen molar-refractivity contribution in [2.45, 2.75) is 64.6 Å². The number of nitrogens with zero attached hydrogens (tertiary/aromatic N) is 5. The van der Waals surface area contributed by atoms with E-state index in [0.29, 0.717) is 30.1 Å². The van der Waals surface area contributed by atoms with E-state index in [2.05, 4.69) is 64.3 Å². The molecule has 3 aromatic heterocycles. The van der Waals surface area contributed by atoms with Crippen LogP contribution < -0.4 is 5.32 Å². The molecule has 2 aliphatic heterocycles. The summed E-state index contributed by atoms with van der Waals surface area (Å²) in [5, 5.41) is 27.9. The average Bonchev–Trinajstić information content (AvgIpc) is 3.73. The van der Waals surface area contributed by atoms with E-state index in [1.54, 1.807) is 0 Å². The maximum atomic E-state index is 12.6. The molecule has 0 radical (unpaired) electrons. The van der Waals surface area contributed by atoms with Gasteiger partial charge in [0, 0.05) is 65.7 Å². The number of aliphatic hydroxyl groups is 1. The number of pyridine rings is 2. The summed E-state index contributed by atoms with van der Waals surface area (Å²) in [6.45, 7) is 8.65. The van der Waals surface area contributed by atoms with E-state index in [1.807, 2.05) is 42.7 Å². The Bertz CT molecular complexity index is 2370. The number of benzene rings is 3. The van der Waals surface area contributed by atoms with E-state index < -0.39 is 0 Å². The molecular weight excluding hydrogens is 653 g/mol. The molecule has 3 aromatic carbocycles. The first kappa shape index (κ1) is 32.7. The number of fused-ring (bicyclic) bond motifs is 3. The third-order valence-electron chi connectivity index (χ3n) is 11.5. The van der Waals surface area contributed by atoms with Gasteiger partial charge in [-0.05, 0) is 123 Å². The lowest BCUT2D eigenvalue weighted by molar-refractivity contribution is -0.384. The van der Waals surface area contributed by atoms with Crippen LogP contribution in [0.15, 0.2) is 77.5 Å². The van der Waals surface area contributed by atoms with Crippen molar-refractivity contribution in [2.24, 2.45) is 0 Å². The van der Waals surface area contributed by atoms with Gasteiger partial charge in [-0.1, -0.05) is 30.3 Å². The van der Waals surface area contributed by atoms with Crippen LogP contribution in [0.4, 0.5) is 17.2 Å². The van der Waals surface area contributed by atoms with Crippen molar-refractivity contribution in [1.29, 1.82) is 0 Å². The van der Waals surface area contributed by atoms with E-state index in [9.17, 15) is 15.2 Å². The molecule has 2 N–H and O–H groups in total. The average molecular weight is 695 g/mol. The predicted octanol–water partition coefficient (Wildman–Crippen LogP) is 8.63. The number of hydrogen-bond donors (Lipinski definition) is 2. The van der Waals surface area contributed by atoms with Crippen molar-refractivity contribution in [3.05, 3.63) is 111 Å². The van der Waals surface area contributed by atoms with E-state index in [-0.39, 0.29) is 22.8 Å². The van der Waals surface area contributed by atoms with E-state index >= 15 is 0 Å². The minimum atomic E-state index is -0.249. The van der Waals surface area contributed by atoms with Gasteiger partial charge in [0.2, 0.25) is 5.58 Å². The third kappa shape index (κ3) is 5.71. The molecule has 0 amide bonds. The Morgan fingerprint density at radius 1 is 0.942 bits per heavy atom. The summed E-state index contributed by atoms with van der Waals surface area (Å²) in [4.78, 5) is 26.5. The lowest BCUT2D eigenvalue weighted by Gasteiger charge is -2.41. The monoisotopic (exact) mass is 694 g/mol. The molecule has 6 aromatic rings. The van der Waals surface area contributed by atoms with Crippen LogP contribution in [-0.4, -0.2) is 62.1 Å². The summed E-state index contributed by atoms with van der Waals surface area (Å²) < 4.78 is 6.45. The first-order valence-electron chi connectivity index (χ1n) is 18.4. The van der Waals surface area contributed by atoms with Gasteiger partial charge >= 0.3 is 5.69 Å². The highest BCUT2D eigenvalue weighted by atomic mass is 16.6. The number of nitro benzene ring substituents is 1. The topological polar surface area (TPSA) is 121 Å². The molecule has 264 valence electrons. The number of likely N-dealkylation sites (tertiary alicyclic amines) is 2. The first-order valence-corrected chi connectivity index (χ1v) is 18.4. The van der Waals surface area contributed by atoms with Crippen molar-refractivity contribution in [3.63, 3.8) is 0 Å². The number of hydrogen-bond acceptors (Lipinski definition) is 9. The van der Waals surface area contributed by atoms with Gasteiger partial charge in [-0.15, -0.1) is 0 Å². The molecule has 3 aliphatic rings. The van der Waals surface area contributed by atoms with Gasteiger partial charge in [-0.25, -0.2) is 4.98 Å². The Hall–Kier alpha value is -5.16. The molecule has 0 saturated carbocycles. The standard InChI is InChI=1S/C42H42N6O4/c1-25-31(7-3-9-33(25)38-21-29-20-35-34(40(48(50)51)41(29)52-38)10-5-12-37(35)47-16-6-17-47)32-8-4-11-36(26(32)2)45-42-39-28(13-15-43-42)19-27(22-44-39)23-46-18-14-30(49)24-46/h3-4,7-9,11,13,15,19-22,30,37,49H,5-6,10,12,14,16-18,23-24H2,1-2H3,(H,43,45)/t30-,37?/m1/s1. The summed E-state index contributed by atoms with van der Waals surface area (Å²) in [5.74, 6) is 1.33. The van der Waals surface area contributed by atoms with Gasteiger partial charge in [0.1, 0.15) is 11.3 Å². The number of anilines is 2. The number of β-amino-alcohol motifs (C(OH)–C–C–N with tert-alkyl or cyclic N) is 1. The summed E-state index contributed by atoms with van der Waals surface area (Å²) in [6, 6.07) is 20.9. The molecule has 0 spiro atoms. The van der Waals surface area contributed by atoms with Crippen LogP contribution in [0.25, 0.3) is 44.3 Å². The van der Waals surface area contributed by atoms with Crippen LogP contribution in [0.5, 0.6) is 0 Å². The number of nitro groups is 1. The van der Waals surface area contributed by atoms with E-state index in [0.717, 1.165) is 112 Å². The highest BCUT2D eigenvalue weighted by Gasteiger charge is 2.35. The predicted molar refractivity (Wildman–Crippen MR) is 204 cm³/mol. The molecule has 10 nitrogen and oxygen atoms in total. The molecular formula is C42H42N6O4. The molecule has 0 bridgehead atoms. The van der Waals surface area contributed by atoms with Crippen LogP contribution in [0.3, 0.4) is 0 Å². The van der Waals surface area contributed by atoms with Gasteiger partial charge in [0.15, 0.2) is 5.82 Å². The summed E-state index contributed by atoms with van der Waals surface area (Å²) in [5.41, 5.74) is 10.4. The van der Waals surface area contributed by atoms with Gasteiger partial charge in [0.05, 0.1) is 11.0 Å². The largest absolute Gasteiger partial charge is 0.449 e. The second-order valence-corrected chi connectivity index (χ2v) is 14.7. The maximum absolute atomic E-state index is 12.6. The second kappa shape index (κ2) is 13.1. The number of aliphatic hydroxyl groups excluding tert-OH is 1. The van der Waals surface area contributed by atoms with Crippen molar-refractivity contribution < 1.29 is 14.4 Å². The highest BCUT2D eigenvalue weighted by molar-refractivity contribution is 5.94. The Morgan fingerprint density at radius 3 is 2.52 bits per heavy atom. The second-order valence-electron chi connectivity index (χ2n) is 14.7. The Kier molecular flexibility index (Phi) is 8.25. The summed E-state index contributed by atoms with van der Waals surface area (Å²) in [7, 11) is 0. The fourth-order valence-corrected chi connectivity index (χ4v) is 8.65. The van der Waals surface area contributed by atoms with Gasteiger partial charge < -0.3 is 14.8 Å². The number of furan rings is 1. The zero-order valence-corrected chi connectivity index (χ0v) is 29.6. The first-order chi connectivity index (χ1) is 25.3. The lowest BCUT2D eigenvalue weighted by atomic mass is 9.83. The number of rotatable bonds is 8. The van der Waals surface area contributed by atoms with Crippen molar-refractivity contribution in [1.82, 2.24) is 19.8 Å². The molecule has 1 unspecified atom stereocenters. The van der Waals surface area contributed by atoms with E-state index in [1.165, 1.54) is 6.42 Å².